The lowest BCUT2D eigenvalue weighted by Gasteiger charge is -2.06. The van der Waals surface area contributed by atoms with Crippen molar-refractivity contribution >= 4 is 40.9 Å². The number of carboxylic acid groups (broad SMARTS) is 1. The van der Waals surface area contributed by atoms with Crippen LogP contribution in [0.2, 0.25) is 10.0 Å². The average Bonchev–Trinajstić information content (AvgIpc) is 2.34. The minimum Gasteiger partial charge on any atom is -0.478 e. The summed E-state index contributed by atoms with van der Waals surface area (Å²) in [6.45, 7) is 0. The van der Waals surface area contributed by atoms with Gasteiger partial charge in [0.2, 0.25) is 0 Å². The van der Waals surface area contributed by atoms with Crippen LogP contribution in [0.15, 0.2) is 46.5 Å². The fraction of sp³-hybridized carbons (Fsp3) is 0. The number of hydrogen-bond acceptors (Lipinski definition) is 3. The molecule has 0 bridgehead atoms. The standard InChI is InChI=1S/C12H7Cl2NO2S/c13-7-3-4-9(14)10(6-7)18-11-8(12(16)17)2-1-5-15-11/h1-6H,(H,16,17). The highest BCUT2D eigenvalue weighted by molar-refractivity contribution is 7.99. The second kappa shape index (κ2) is 5.61. The summed E-state index contributed by atoms with van der Waals surface area (Å²) < 4.78 is 0. The first-order valence-electron chi connectivity index (χ1n) is 4.89. The van der Waals surface area contributed by atoms with E-state index in [9.17, 15) is 4.79 Å². The minimum atomic E-state index is -1.02. The van der Waals surface area contributed by atoms with Crippen LogP contribution in [-0.4, -0.2) is 16.1 Å². The van der Waals surface area contributed by atoms with Gasteiger partial charge in [-0.15, -0.1) is 0 Å². The topological polar surface area (TPSA) is 50.2 Å². The van der Waals surface area contributed by atoms with Crippen LogP contribution in [0.4, 0.5) is 0 Å². The number of carbonyl (C=O) groups is 1. The van der Waals surface area contributed by atoms with Gasteiger partial charge in [0.1, 0.15) is 5.03 Å². The normalized spacial score (nSPS) is 10.3. The van der Waals surface area contributed by atoms with Crippen molar-refractivity contribution < 1.29 is 9.90 Å². The van der Waals surface area contributed by atoms with Crippen LogP contribution < -0.4 is 0 Å². The third kappa shape index (κ3) is 2.96. The van der Waals surface area contributed by atoms with Crippen LogP contribution in [-0.2, 0) is 0 Å². The molecule has 1 heterocycles. The van der Waals surface area contributed by atoms with E-state index < -0.39 is 5.97 Å². The molecule has 0 aliphatic rings. The van der Waals surface area contributed by atoms with E-state index in [1.165, 1.54) is 24.0 Å². The molecule has 0 saturated carbocycles. The molecule has 0 radical (unpaired) electrons. The van der Waals surface area contributed by atoms with E-state index >= 15 is 0 Å². The summed E-state index contributed by atoms with van der Waals surface area (Å²) in [7, 11) is 0. The Kier molecular flexibility index (Phi) is 4.11. The second-order valence-corrected chi connectivity index (χ2v) is 5.21. The van der Waals surface area contributed by atoms with Crippen molar-refractivity contribution in [1.82, 2.24) is 4.98 Å². The maximum Gasteiger partial charge on any atom is 0.338 e. The largest absolute Gasteiger partial charge is 0.478 e. The van der Waals surface area contributed by atoms with Gasteiger partial charge in [-0.05, 0) is 30.3 Å². The fourth-order valence-electron chi connectivity index (χ4n) is 1.29. The third-order valence-electron chi connectivity index (χ3n) is 2.10. The first-order chi connectivity index (χ1) is 8.58. The Hall–Kier alpha value is -1.23. The van der Waals surface area contributed by atoms with E-state index in [1.54, 1.807) is 24.3 Å². The van der Waals surface area contributed by atoms with Crippen LogP contribution >= 0.6 is 35.0 Å². The molecule has 0 aliphatic heterocycles. The number of hydrogen-bond donors (Lipinski definition) is 1. The number of aromatic carboxylic acids is 1. The predicted octanol–water partition coefficient (Wildman–Crippen LogP) is 4.24. The highest BCUT2D eigenvalue weighted by Gasteiger charge is 2.13. The minimum absolute atomic E-state index is 0.138. The summed E-state index contributed by atoms with van der Waals surface area (Å²) >= 11 is 13.1. The second-order valence-electron chi connectivity index (χ2n) is 3.34. The van der Waals surface area contributed by atoms with Crippen LogP contribution in [0.3, 0.4) is 0 Å². The van der Waals surface area contributed by atoms with E-state index in [2.05, 4.69) is 4.98 Å². The van der Waals surface area contributed by atoms with Gasteiger partial charge in [-0.1, -0.05) is 35.0 Å². The Morgan fingerprint density at radius 2 is 2.06 bits per heavy atom. The van der Waals surface area contributed by atoms with E-state index in [4.69, 9.17) is 28.3 Å². The Balaban J connectivity index is 2.40. The lowest BCUT2D eigenvalue weighted by Crippen LogP contribution is -2.00. The molecule has 0 amide bonds. The van der Waals surface area contributed by atoms with E-state index in [1.807, 2.05) is 0 Å². The van der Waals surface area contributed by atoms with Crippen LogP contribution in [0.1, 0.15) is 10.4 Å². The summed E-state index contributed by atoms with van der Waals surface area (Å²) in [5.41, 5.74) is 0.138. The van der Waals surface area contributed by atoms with Crippen molar-refractivity contribution in [3.8, 4) is 0 Å². The molecule has 0 fully saturated rings. The molecule has 1 N–H and O–H groups in total. The SMILES string of the molecule is O=C(O)c1cccnc1Sc1cc(Cl)ccc1Cl. The summed E-state index contributed by atoms with van der Waals surface area (Å²) in [5, 5.41) is 10.5. The smallest absolute Gasteiger partial charge is 0.338 e. The number of pyridine rings is 1. The maximum atomic E-state index is 11.1. The van der Waals surface area contributed by atoms with Gasteiger partial charge in [-0.25, -0.2) is 9.78 Å². The molecule has 0 spiro atoms. The number of aromatic nitrogens is 1. The van der Waals surface area contributed by atoms with Crippen LogP contribution in [0.25, 0.3) is 0 Å². The molecular weight excluding hydrogens is 293 g/mol. The molecule has 3 nitrogen and oxygen atoms in total. The summed E-state index contributed by atoms with van der Waals surface area (Å²) in [6.07, 6.45) is 1.53. The van der Waals surface area contributed by atoms with Gasteiger partial charge >= 0.3 is 5.97 Å². The number of halogens is 2. The third-order valence-corrected chi connectivity index (χ3v) is 3.85. The van der Waals surface area contributed by atoms with Crippen molar-refractivity contribution in [1.29, 1.82) is 0 Å². The lowest BCUT2D eigenvalue weighted by molar-refractivity contribution is 0.0692. The number of carboxylic acids is 1. The highest BCUT2D eigenvalue weighted by atomic mass is 35.5. The zero-order valence-electron chi connectivity index (χ0n) is 8.93. The number of rotatable bonds is 3. The molecule has 2 rings (SSSR count). The Morgan fingerprint density at radius 1 is 1.28 bits per heavy atom. The van der Waals surface area contributed by atoms with Crippen molar-refractivity contribution in [2.45, 2.75) is 9.92 Å². The van der Waals surface area contributed by atoms with Gasteiger partial charge in [-0.3, -0.25) is 0 Å². The van der Waals surface area contributed by atoms with Gasteiger partial charge < -0.3 is 5.11 Å². The van der Waals surface area contributed by atoms with Gasteiger partial charge in [-0.2, -0.15) is 0 Å². The first-order valence-corrected chi connectivity index (χ1v) is 6.46. The van der Waals surface area contributed by atoms with Gasteiger partial charge in [0.15, 0.2) is 0 Å². The summed E-state index contributed by atoms with van der Waals surface area (Å²) in [6, 6.07) is 8.08. The Bertz CT molecular complexity index is 604. The molecule has 1 aromatic carbocycles. The highest BCUT2D eigenvalue weighted by Crippen LogP contribution is 2.35. The molecule has 18 heavy (non-hydrogen) atoms. The Morgan fingerprint density at radius 3 is 2.78 bits per heavy atom. The van der Waals surface area contributed by atoms with Gasteiger partial charge in [0, 0.05) is 16.1 Å². The van der Waals surface area contributed by atoms with Crippen LogP contribution in [0, 0.1) is 0 Å². The van der Waals surface area contributed by atoms with Crippen molar-refractivity contribution in [3.63, 3.8) is 0 Å². The predicted molar refractivity (Wildman–Crippen MR) is 71.8 cm³/mol. The molecular formula is C12H7Cl2NO2S. The lowest BCUT2D eigenvalue weighted by atomic mass is 10.3. The van der Waals surface area contributed by atoms with E-state index in [0.717, 1.165) is 0 Å². The fourth-order valence-corrected chi connectivity index (χ4v) is 2.70. The van der Waals surface area contributed by atoms with E-state index in [-0.39, 0.29) is 5.56 Å². The van der Waals surface area contributed by atoms with Crippen molar-refractivity contribution in [2.24, 2.45) is 0 Å². The van der Waals surface area contributed by atoms with Crippen molar-refractivity contribution in [2.75, 3.05) is 0 Å². The maximum absolute atomic E-state index is 11.1. The molecule has 6 heteroatoms. The van der Waals surface area contributed by atoms with Crippen molar-refractivity contribution in [3.05, 3.63) is 52.1 Å². The summed E-state index contributed by atoms with van der Waals surface area (Å²) in [5.74, 6) is -1.02. The average molecular weight is 300 g/mol. The molecule has 0 saturated heterocycles. The first kappa shape index (κ1) is 13.2. The molecule has 1 aromatic heterocycles. The number of benzene rings is 1. The van der Waals surface area contributed by atoms with Gasteiger partial charge in [0.25, 0.3) is 0 Å². The molecule has 0 aliphatic carbocycles. The monoisotopic (exact) mass is 299 g/mol. The van der Waals surface area contributed by atoms with E-state index in [0.29, 0.717) is 20.0 Å². The summed E-state index contributed by atoms with van der Waals surface area (Å²) in [4.78, 5) is 15.8. The zero-order valence-corrected chi connectivity index (χ0v) is 11.3. The zero-order chi connectivity index (χ0) is 13.1. The van der Waals surface area contributed by atoms with Gasteiger partial charge in [0.05, 0.1) is 10.6 Å². The molecule has 2 aromatic rings. The Labute approximate surface area is 118 Å². The number of nitrogens with zero attached hydrogens (tertiary/aromatic N) is 1. The molecule has 0 atom stereocenters. The quantitative estimate of drug-likeness (QED) is 0.921. The molecule has 0 unspecified atom stereocenters. The molecule has 92 valence electrons. The van der Waals surface area contributed by atoms with Crippen LogP contribution in [0.5, 0.6) is 0 Å².